The number of fused-ring (bicyclic) bond motifs is 1. The lowest BCUT2D eigenvalue weighted by molar-refractivity contribution is -0.0782. The highest BCUT2D eigenvalue weighted by molar-refractivity contribution is 6.31. The van der Waals surface area contributed by atoms with Crippen LogP contribution in [0.2, 0.25) is 5.02 Å². The largest absolute Gasteiger partial charge is 0.389 e. The molecule has 1 saturated heterocycles. The Morgan fingerprint density at radius 1 is 1.25 bits per heavy atom. The van der Waals surface area contributed by atoms with Crippen LogP contribution in [-0.4, -0.2) is 40.3 Å². The molecule has 0 bridgehead atoms. The van der Waals surface area contributed by atoms with Gasteiger partial charge in [-0.15, -0.1) is 0 Å². The Bertz CT molecular complexity index is 907. The average Bonchev–Trinajstić information content (AvgIpc) is 3.18. The molecular formula is C18H15ClN2O3. The first-order chi connectivity index (χ1) is 11.6. The van der Waals surface area contributed by atoms with Crippen LogP contribution in [0.25, 0.3) is 22.0 Å². The molecule has 0 spiro atoms. The van der Waals surface area contributed by atoms with Gasteiger partial charge in [0.2, 0.25) is 0 Å². The maximum Gasteiger partial charge on any atom is 0.294 e. The number of hydroxylamine groups is 2. The molecule has 1 aliphatic rings. The smallest absolute Gasteiger partial charge is 0.294 e. The van der Waals surface area contributed by atoms with E-state index in [2.05, 4.69) is 4.98 Å². The van der Waals surface area contributed by atoms with Crippen molar-refractivity contribution in [3.05, 3.63) is 59.2 Å². The number of aliphatic hydroxyl groups excluding tert-OH is 1. The van der Waals surface area contributed by atoms with Gasteiger partial charge in [-0.2, -0.15) is 0 Å². The van der Waals surface area contributed by atoms with Crippen molar-refractivity contribution in [2.75, 3.05) is 13.2 Å². The van der Waals surface area contributed by atoms with E-state index >= 15 is 0 Å². The lowest BCUT2D eigenvalue weighted by Gasteiger charge is -2.14. The quantitative estimate of drug-likeness (QED) is 0.751. The minimum Gasteiger partial charge on any atom is -0.389 e. The zero-order chi connectivity index (χ0) is 16.7. The minimum absolute atomic E-state index is 0.123. The van der Waals surface area contributed by atoms with E-state index in [-0.39, 0.29) is 19.1 Å². The van der Waals surface area contributed by atoms with Gasteiger partial charge in [0.15, 0.2) is 0 Å². The molecule has 1 aromatic heterocycles. The Hall–Kier alpha value is -2.34. The number of nitrogens with zero attached hydrogens (tertiary/aromatic N) is 1. The Labute approximate surface area is 143 Å². The third kappa shape index (κ3) is 2.57. The number of rotatable bonds is 2. The Kier molecular flexibility index (Phi) is 3.76. The average molecular weight is 343 g/mol. The molecule has 2 aromatic carbocycles. The van der Waals surface area contributed by atoms with E-state index in [1.165, 1.54) is 5.06 Å². The van der Waals surface area contributed by atoms with Crippen molar-refractivity contribution in [3.63, 3.8) is 0 Å². The molecule has 0 radical (unpaired) electrons. The normalized spacial score (nSPS) is 17.6. The highest BCUT2D eigenvalue weighted by Gasteiger charge is 2.30. The molecule has 1 fully saturated rings. The number of aromatic amines is 1. The lowest BCUT2D eigenvalue weighted by atomic mass is 10.0. The highest BCUT2D eigenvalue weighted by atomic mass is 35.5. The molecular weight excluding hydrogens is 328 g/mol. The minimum atomic E-state index is -0.659. The van der Waals surface area contributed by atoms with E-state index in [1.54, 1.807) is 6.07 Å². The van der Waals surface area contributed by atoms with Gasteiger partial charge in [0.25, 0.3) is 5.91 Å². The standard InChI is InChI=1S/C18H15ClN2O3/c19-12-6-7-15-14(8-12)16(11-4-2-1-3-5-11)17(20-15)18(23)21-9-13(22)10-24-21/h1-8,13,20,22H,9-10H2/t13-/m0/s1. The number of aromatic nitrogens is 1. The number of hydrogen-bond donors (Lipinski definition) is 2. The number of carbonyl (C=O) groups is 1. The van der Waals surface area contributed by atoms with E-state index in [0.717, 1.165) is 22.0 Å². The molecule has 2 N–H and O–H groups in total. The number of aliphatic hydroxyl groups is 1. The van der Waals surface area contributed by atoms with Crippen LogP contribution in [0.15, 0.2) is 48.5 Å². The van der Waals surface area contributed by atoms with Crippen molar-refractivity contribution in [2.24, 2.45) is 0 Å². The fourth-order valence-electron chi connectivity index (χ4n) is 2.97. The Balaban J connectivity index is 1.90. The molecule has 4 rings (SSSR count). The summed E-state index contributed by atoms with van der Waals surface area (Å²) in [5.74, 6) is -0.308. The van der Waals surface area contributed by atoms with Gasteiger partial charge in [-0.05, 0) is 23.8 Å². The topological polar surface area (TPSA) is 65.6 Å². The van der Waals surface area contributed by atoms with Gasteiger partial charge in [-0.1, -0.05) is 41.9 Å². The molecule has 0 saturated carbocycles. The first-order valence-corrected chi connectivity index (χ1v) is 8.01. The summed E-state index contributed by atoms with van der Waals surface area (Å²) in [5, 5.41) is 12.3. The zero-order valence-electron chi connectivity index (χ0n) is 12.7. The third-order valence-corrected chi connectivity index (χ3v) is 4.30. The molecule has 0 unspecified atom stereocenters. The molecule has 6 heteroatoms. The van der Waals surface area contributed by atoms with Crippen molar-refractivity contribution in [2.45, 2.75) is 6.10 Å². The van der Waals surface area contributed by atoms with E-state index in [0.29, 0.717) is 10.7 Å². The number of carbonyl (C=O) groups excluding carboxylic acids is 1. The van der Waals surface area contributed by atoms with Crippen LogP contribution in [0.3, 0.4) is 0 Å². The summed E-state index contributed by atoms with van der Waals surface area (Å²) in [5.41, 5.74) is 2.94. The maximum atomic E-state index is 12.9. The van der Waals surface area contributed by atoms with Crippen molar-refractivity contribution in [3.8, 4) is 11.1 Å². The van der Waals surface area contributed by atoms with Crippen molar-refractivity contribution < 1.29 is 14.7 Å². The van der Waals surface area contributed by atoms with Gasteiger partial charge >= 0.3 is 0 Å². The molecule has 122 valence electrons. The van der Waals surface area contributed by atoms with E-state index in [4.69, 9.17) is 16.4 Å². The number of nitrogens with one attached hydrogen (secondary N) is 1. The van der Waals surface area contributed by atoms with E-state index in [1.807, 2.05) is 42.5 Å². The maximum absolute atomic E-state index is 12.9. The van der Waals surface area contributed by atoms with Crippen LogP contribution in [-0.2, 0) is 4.84 Å². The van der Waals surface area contributed by atoms with Crippen LogP contribution in [0.5, 0.6) is 0 Å². The van der Waals surface area contributed by atoms with E-state index in [9.17, 15) is 9.90 Å². The summed E-state index contributed by atoms with van der Waals surface area (Å²) < 4.78 is 0. The van der Waals surface area contributed by atoms with Gasteiger partial charge in [-0.3, -0.25) is 9.63 Å². The summed E-state index contributed by atoms with van der Waals surface area (Å²) >= 11 is 6.15. The summed E-state index contributed by atoms with van der Waals surface area (Å²) in [4.78, 5) is 21.3. The van der Waals surface area contributed by atoms with Gasteiger partial charge in [0.05, 0.1) is 6.54 Å². The highest BCUT2D eigenvalue weighted by Crippen LogP contribution is 2.35. The van der Waals surface area contributed by atoms with Crippen LogP contribution in [0, 0.1) is 0 Å². The molecule has 2 heterocycles. The molecule has 1 atom stereocenters. The predicted molar refractivity (Wildman–Crippen MR) is 91.7 cm³/mol. The molecule has 0 aliphatic carbocycles. The van der Waals surface area contributed by atoms with Crippen LogP contribution >= 0.6 is 11.6 Å². The lowest BCUT2D eigenvalue weighted by Crippen LogP contribution is -2.29. The van der Waals surface area contributed by atoms with Crippen LogP contribution < -0.4 is 0 Å². The fourth-order valence-corrected chi connectivity index (χ4v) is 3.14. The number of amides is 1. The molecule has 24 heavy (non-hydrogen) atoms. The fraction of sp³-hybridized carbons (Fsp3) is 0.167. The van der Waals surface area contributed by atoms with Gasteiger partial charge in [0.1, 0.15) is 18.4 Å². The second-order valence-corrected chi connectivity index (χ2v) is 6.18. The summed E-state index contributed by atoms with van der Waals surface area (Å²) in [7, 11) is 0. The second-order valence-electron chi connectivity index (χ2n) is 5.75. The number of benzene rings is 2. The third-order valence-electron chi connectivity index (χ3n) is 4.06. The van der Waals surface area contributed by atoms with E-state index < -0.39 is 6.10 Å². The summed E-state index contributed by atoms with van der Waals surface area (Å²) in [6.07, 6.45) is -0.659. The molecule has 1 amide bonds. The SMILES string of the molecule is O=C(c1[nH]c2ccc(Cl)cc2c1-c1ccccc1)N1C[C@H](O)CO1. The molecule has 5 nitrogen and oxygen atoms in total. The number of β-amino-alcohol motifs (C(OH)–C–C–N with tert-alkyl or cyclic N) is 1. The summed E-state index contributed by atoms with van der Waals surface area (Å²) in [6, 6.07) is 15.1. The predicted octanol–water partition coefficient (Wildman–Crippen LogP) is 3.24. The monoisotopic (exact) mass is 342 g/mol. The zero-order valence-corrected chi connectivity index (χ0v) is 13.5. The van der Waals surface area contributed by atoms with Crippen LogP contribution in [0.1, 0.15) is 10.5 Å². The Morgan fingerprint density at radius 3 is 2.75 bits per heavy atom. The van der Waals surface area contributed by atoms with Gasteiger partial charge in [0, 0.05) is 21.5 Å². The van der Waals surface area contributed by atoms with Gasteiger partial charge in [-0.25, -0.2) is 5.06 Å². The van der Waals surface area contributed by atoms with Crippen molar-refractivity contribution in [1.82, 2.24) is 10.0 Å². The number of H-pyrrole nitrogens is 1. The molecule has 1 aliphatic heterocycles. The van der Waals surface area contributed by atoms with Gasteiger partial charge < -0.3 is 10.1 Å². The van der Waals surface area contributed by atoms with Crippen molar-refractivity contribution in [1.29, 1.82) is 0 Å². The first kappa shape index (κ1) is 15.2. The first-order valence-electron chi connectivity index (χ1n) is 7.63. The number of hydrogen-bond acceptors (Lipinski definition) is 3. The Morgan fingerprint density at radius 2 is 2.04 bits per heavy atom. The second kappa shape index (κ2) is 5.94. The van der Waals surface area contributed by atoms with Crippen molar-refractivity contribution >= 4 is 28.4 Å². The molecule has 3 aromatic rings. The summed E-state index contributed by atoms with van der Waals surface area (Å²) in [6.45, 7) is 0.279. The van der Waals surface area contributed by atoms with Crippen LogP contribution in [0.4, 0.5) is 0 Å². The number of halogens is 1.